The van der Waals surface area contributed by atoms with Crippen molar-refractivity contribution in [2.75, 3.05) is 11.1 Å². The Bertz CT molecular complexity index is 587. The third kappa shape index (κ3) is 2.42. The van der Waals surface area contributed by atoms with Gasteiger partial charge in [-0.3, -0.25) is 9.78 Å². The largest absolute Gasteiger partial charge is 0.396 e. The molecule has 1 heterocycles. The number of carbonyl (C=O) groups excluding carboxylic acids is 1. The van der Waals surface area contributed by atoms with Crippen LogP contribution in [0.25, 0.3) is 0 Å². The monoisotopic (exact) mass is 249 g/mol. The summed E-state index contributed by atoms with van der Waals surface area (Å²) in [4.78, 5) is 15.5. The molecule has 0 spiro atoms. The van der Waals surface area contributed by atoms with Crippen molar-refractivity contribution in [1.29, 1.82) is 0 Å². The highest BCUT2D eigenvalue weighted by atomic mass is 19.1. The van der Waals surface area contributed by atoms with Gasteiger partial charge in [-0.05, 0) is 18.2 Å². The first-order valence-corrected chi connectivity index (χ1v) is 5.04. The Morgan fingerprint density at radius 1 is 1.28 bits per heavy atom. The lowest BCUT2D eigenvalue weighted by atomic mass is 10.1. The van der Waals surface area contributed by atoms with E-state index in [9.17, 15) is 13.6 Å². The number of nitrogen functional groups attached to an aromatic ring is 1. The molecule has 3 N–H and O–H groups in total. The van der Waals surface area contributed by atoms with Crippen LogP contribution in [0.3, 0.4) is 0 Å². The minimum Gasteiger partial charge on any atom is -0.396 e. The summed E-state index contributed by atoms with van der Waals surface area (Å²) in [5, 5.41) is 2.43. The van der Waals surface area contributed by atoms with Crippen LogP contribution in [0.5, 0.6) is 0 Å². The second-order valence-electron chi connectivity index (χ2n) is 3.55. The highest BCUT2D eigenvalue weighted by molar-refractivity contribution is 6.04. The standard InChI is InChI=1S/C12H9F2N3O/c13-9-5-10(14)11(15)4-8(9)12(18)17-7-2-1-3-16-6-7/h1-6H,15H2,(H,17,18). The highest BCUT2D eigenvalue weighted by Crippen LogP contribution is 2.17. The maximum absolute atomic E-state index is 13.4. The molecule has 0 atom stereocenters. The van der Waals surface area contributed by atoms with Gasteiger partial charge >= 0.3 is 0 Å². The summed E-state index contributed by atoms with van der Waals surface area (Å²) in [7, 11) is 0. The zero-order chi connectivity index (χ0) is 13.1. The normalized spacial score (nSPS) is 10.1. The Kier molecular flexibility index (Phi) is 3.18. The molecule has 0 aliphatic carbocycles. The third-order valence-corrected chi connectivity index (χ3v) is 2.25. The van der Waals surface area contributed by atoms with Crippen molar-refractivity contribution in [3.63, 3.8) is 0 Å². The molecule has 2 rings (SSSR count). The number of anilines is 2. The van der Waals surface area contributed by atoms with Gasteiger partial charge in [-0.2, -0.15) is 0 Å². The number of amides is 1. The van der Waals surface area contributed by atoms with E-state index in [1.54, 1.807) is 12.1 Å². The summed E-state index contributed by atoms with van der Waals surface area (Å²) in [6, 6.07) is 4.74. The minimum absolute atomic E-state index is 0.285. The van der Waals surface area contributed by atoms with Crippen LogP contribution in [-0.4, -0.2) is 10.9 Å². The molecule has 1 aromatic heterocycles. The maximum atomic E-state index is 13.4. The summed E-state index contributed by atoms with van der Waals surface area (Å²) >= 11 is 0. The fraction of sp³-hybridized carbons (Fsp3) is 0. The second-order valence-corrected chi connectivity index (χ2v) is 3.55. The summed E-state index contributed by atoms with van der Waals surface area (Å²) in [6.07, 6.45) is 2.94. The smallest absolute Gasteiger partial charge is 0.258 e. The summed E-state index contributed by atoms with van der Waals surface area (Å²) in [5.74, 6) is -2.58. The number of hydrogen-bond acceptors (Lipinski definition) is 3. The Morgan fingerprint density at radius 2 is 2.06 bits per heavy atom. The van der Waals surface area contributed by atoms with E-state index in [1.807, 2.05) is 0 Å². The molecule has 4 nitrogen and oxygen atoms in total. The van der Waals surface area contributed by atoms with Crippen molar-refractivity contribution in [3.05, 3.63) is 53.9 Å². The number of hydrogen-bond donors (Lipinski definition) is 2. The number of aromatic nitrogens is 1. The van der Waals surface area contributed by atoms with Crippen LogP contribution in [0.2, 0.25) is 0 Å². The predicted molar refractivity (Wildman–Crippen MR) is 63.0 cm³/mol. The molecule has 2 aromatic rings. The summed E-state index contributed by atoms with van der Waals surface area (Å²) < 4.78 is 26.4. The second kappa shape index (κ2) is 4.79. The lowest BCUT2D eigenvalue weighted by molar-refractivity contribution is 0.102. The van der Waals surface area contributed by atoms with E-state index in [4.69, 9.17) is 5.73 Å². The van der Waals surface area contributed by atoms with Gasteiger partial charge in [0.05, 0.1) is 23.1 Å². The Morgan fingerprint density at radius 3 is 2.72 bits per heavy atom. The van der Waals surface area contributed by atoms with Crippen molar-refractivity contribution in [2.24, 2.45) is 0 Å². The van der Waals surface area contributed by atoms with Gasteiger partial charge in [0.2, 0.25) is 0 Å². The van der Waals surface area contributed by atoms with E-state index < -0.39 is 17.5 Å². The van der Waals surface area contributed by atoms with Crippen LogP contribution < -0.4 is 11.1 Å². The molecule has 0 aliphatic rings. The van der Waals surface area contributed by atoms with Gasteiger partial charge in [0.25, 0.3) is 5.91 Å². The number of benzene rings is 1. The van der Waals surface area contributed by atoms with Gasteiger partial charge in [0.1, 0.15) is 11.6 Å². The number of nitrogens with zero attached hydrogens (tertiary/aromatic N) is 1. The first-order chi connectivity index (χ1) is 8.58. The van der Waals surface area contributed by atoms with Gasteiger partial charge < -0.3 is 11.1 Å². The zero-order valence-corrected chi connectivity index (χ0v) is 9.15. The van der Waals surface area contributed by atoms with Crippen molar-refractivity contribution in [2.45, 2.75) is 0 Å². The van der Waals surface area contributed by atoms with E-state index in [-0.39, 0.29) is 11.3 Å². The fourth-order valence-electron chi connectivity index (χ4n) is 1.37. The number of nitrogens with one attached hydrogen (secondary N) is 1. The SMILES string of the molecule is Nc1cc(C(=O)Nc2cccnc2)c(F)cc1F. The zero-order valence-electron chi connectivity index (χ0n) is 9.15. The van der Waals surface area contributed by atoms with E-state index in [0.29, 0.717) is 11.8 Å². The molecular formula is C12H9F2N3O. The molecule has 1 amide bonds. The first-order valence-electron chi connectivity index (χ1n) is 5.04. The Hall–Kier alpha value is -2.50. The number of pyridine rings is 1. The Balaban J connectivity index is 2.27. The molecule has 0 bridgehead atoms. The van der Waals surface area contributed by atoms with Crippen molar-refractivity contribution in [3.8, 4) is 0 Å². The van der Waals surface area contributed by atoms with Crippen LogP contribution in [0.15, 0.2) is 36.7 Å². The van der Waals surface area contributed by atoms with Gasteiger partial charge in [-0.1, -0.05) is 0 Å². The topological polar surface area (TPSA) is 68.0 Å². The molecule has 6 heteroatoms. The predicted octanol–water partition coefficient (Wildman–Crippen LogP) is 2.19. The van der Waals surface area contributed by atoms with Gasteiger partial charge in [-0.25, -0.2) is 8.78 Å². The lowest BCUT2D eigenvalue weighted by Crippen LogP contribution is -2.14. The maximum Gasteiger partial charge on any atom is 0.258 e. The van der Waals surface area contributed by atoms with Crippen LogP contribution in [0.1, 0.15) is 10.4 Å². The molecule has 1 aromatic carbocycles. The Labute approximate surface area is 101 Å². The van der Waals surface area contributed by atoms with Gasteiger partial charge in [-0.15, -0.1) is 0 Å². The molecule has 0 unspecified atom stereocenters. The molecule has 0 fully saturated rings. The minimum atomic E-state index is -0.969. The molecule has 0 radical (unpaired) electrons. The molecule has 0 saturated heterocycles. The highest BCUT2D eigenvalue weighted by Gasteiger charge is 2.15. The van der Waals surface area contributed by atoms with Crippen LogP contribution in [0, 0.1) is 11.6 Å². The molecule has 92 valence electrons. The van der Waals surface area contributed by atoms with E-state index in [2.05, 4.69) is 10.3 Å². The van der Waals surface area contributed by atoms with Crippen LogP contribution in [-0.2, 0) is 0 Å². The molecular weight excluding hydrogens is 240 g/mol. The van der Waals surface area contributed by atoms with Gasteiger partial charge in [0.15, 0.2) is 0 Å². The average molecular weight is 249 g/mol. The first kappa shape index (κ1) is 12.0. The number of carbonyl (C=O) groups is 1. The van der Waals surface area contributed by atoms with E-state index in [1.165, 1.54) is 12.4 Å². The lowest BCUT2D eigenvalue weighted by Gasteiger charge is -2.06. The van der Waals surface area contributed by atoms with Crippen LogP contribution in [0.4, 0.5) is 20.2 Å². The van der Waals surface area contributed by atoms with E-state index in [0.717, 1.165) is 6.07 Å². The summed E-state index contributed by atoms with van der Waals surface area (Å²) in [5.41, 5.74) is 5.09. The fourth-order valence-corrected chi connectivity index (χ4v) is 1.37. The van der Waals surface area contributed by atoms with Crippen LogP contribution >= 0.6 is 0 Å². The summed E-state index contributed by atoms with van der Waals surface area (Å²) in [6.45, 7) is 0. The molecule has 0 aliphatic heterocycles. The number of halogens is 2. The third-order valence-electron chi connectivity index (χ3n) is 2.25. The quantitative estimate of drug-likeness (QED) is 0.801. The van der Waals surface area contributed by atoms with Gasteiger partial charge in [0, 0.05) is 12.3 Å². The van der Waals surface area contributed by atoms with E-state index >= 15 is 0 Å². The number of rotatable bonds is 2. The number of nitrogens with two attached hydrogens (primary N) is 1. The van der Waals surface area contributed by atoms with Crippen molar-refractivity contribution in [1.82, 2.24) is 4.98 Å². The van der Waals surface area contributed by atoms with Crippen molar-refractivity contribution >= 4 is 17.3 Å². The average Bonchev–Trinajstić information content (AvgIpc) is 2.35. The molecule has 18 heavy (non-hydrogen) atoms. The van der Waals surface area contributed by atoms with Crippen molar-refractivity contribution < 1.29 is 13.6 Å². The molecule has 0 saturated carbocycles.